The molecule has 2 unspecified atom stereocenters. The van der Waals surface area contributed by atoms with E-state index in [2.05, 4.69) is 46.0 Å². The van der Waals surface area contributed by atoms with Gasteiger partial charge in [0.25, 0.3) is 0 Å². The van der Waals surface area contributed by atoms with Crippen LogP contribution >= 0.6 is 0 Å². The number of ether oxygens (including phenoxy) is 1. The van der Waals surface area contributed by atoms with E-state index in [1.807, 2.05) is 20.8 Å². The van der Waals surface area contributed by atoms with Crippen LogP contribution in [0.5, 0.6) is 0 Å². The molecule has 0 spiro atoms. The lowest BCUT2D eigenvalue weighted by Gasteiger charge is -2.39. The maximum atomic E-state index is 11.9. The van der Waals surface area contributed by atoms with Crippen molar-refractivity contribution in [2.75, 3.05) is 0 Å². The van der Waals surface area contributed by atoms with Gasteiger partial charge in [-0.3, -0.25) is 0 Å². The molecule has 6 heteroatoms. The molecule has 1 saturated heterocycles. The van der Waals surface area contributed by atoms with E-state index in [-0.39, 0.29) is 30.5 Å². The standard InChI is InChI=1S/C19H34BNO4/c1-13(2)19(8)18(6,7)24-20(25-19)14-9-11-15(12-10-14)21-16(22)23-17(3,4)5/h9,13,15H,10-12H2,1-8H3,(H,21,22). The Hall–Kier alpha value is -1.01. The topological polar surface area (TPSA) is 56.8 Å². The van der Waals surface area contributed by atoms with Crippen LogP contribution in [0.2, 0.25) is 0 Å². The van der Waals surface area contributed by atoms with Crippen LogP contribution in [0.4, 0.5) is 4.79 Å². The molecule has 0 saturated carbocycles. The summed E-state index contributed by atoms with van der Waals surface area (Å²) in [4.78, 5) is 11.9. The van der Waals surface area contributed by atoms with E-state index >= 15 is 0 Å². The molecule has 0 aromatic heterocycles. The van der Waals surface area contributed by atoms with E-state index in [0.29, 0.717) is 5.92 Å². The van der Waals surface area contributed by atoms with Gasteiger partial charge in [0.1, 0.15) is 5.60 Å². The molecular formula is C19H34BNO4. The predicted octanol–water partition coefficient (Wildman–Crippen LogP) is 4.26. The van der Waals surface area contributed by atoms with E-state index < -0.39 is 5.60 Å². The van der Waals surface area contributed by atoms with Gasteiger partial charge in [-0.25, -0.2) is 4.79 Å². The zero-order valence-electron chi connectivity index (χ0n) is 17.1. The van der Waals surface area contributed by atoms with Crippen LogP contribution in [0.1, 0.15) is 74.7 Å². The summed E-state index contributed by atoms with van der Waals surface area (Å²) in [5.74, 6) is 0.360. The smallest absolute Gasteiger partial charge is 0.444 e. The summed E-state index contributed by atoms with van der Waals surface area (Å²) in [7, 11) is -0.287. The van der Waals surface area contributed by atoms with E-state index in [1.54, 1.807) is 0 Å². The number of carbonyl (C=O) groups excluding carboxylic acids is 1. The molecule has 2 atom stereocenters. The van der Waals surface area contributed by atoms with E-state index in [9.17, 15) is 4.79 Å². The van der Waals surface area contributed by atoms with Crippen LogP contribution in [0.25, 0.3) is 0 Å². The molecule has 1 amide bonds. The highest BCUT2D eigenvalue weighted by atomic mass is 16.7. The molecule has 0 bridgehead atoms. The number of carbonyl (C=O) groups is 1. The van der Waals surface area contributed by atoms with Crippen molar-refractivity contribution in [1.29, 1.82) is 0 Å². The maximum absolute atomic E-state index is 11.9. The normalized spacial score (nSPS) is 29.6. The molecule has 2 aliphatic rings. The number of alkyl carbamates (subject to hydrolysis) is 1. The van der Waals surface area contributed by atoms with Crippen molar-refractivity contribution in [2.45, 2.75) is 97.5 Å². The minimum Gasteiger partial charge on any atom is -0.444 e. The third kappa shape index (κ3) is 4.59. The zero-order chi connectivity index (χ0) is 19.0. The van der Waals surface area contributed by atoms with Gasteiger partial charge in [-0.1, -0.05) is 19.9 Å². The quantitative estimate of drug-likeness (QED) is 0.772. The van der Waals surface area contributed by atoms with Crippen molar-refractivity contribution >= 4 is 13.2 Å². The Morgan fingerprint density at radius 3 is 2.40 bits per heavy atom. The van der Waals surface area contributed by atoms with Crippen LogP contribution in [-0.2, 0) is 14.0 Å². The molecule has 1 aliphatic carbocycles. The second kappa shape index (κ2) is 6.95. The number of hydrogen-bond acceptors (Lipinski definition) is 4. The third-order valence-corrected chi connectivity index (χ3v) is 5.52. The Balaban J connectivity index is 1.95. The summed E-state index contributed by atoms with van der Waals surface area (Å²) >= 11 is 0. The minimum atomic E-state index is -0.474. The monoisotopic (exact) mass is 351 g/mol. The van der Waals surface area contributed by atoms with Crippen LogP contribution in [-0.4, -0.2) is 36.1 Å². The second-order valence-corrected chi connectivity index (χ2v) is 9.24. The number of nitrogens with one attached hydrogen (secondary N) is 1. The molecule has 0 radical (unpaired) electrons. The fourth-order valence-corrected chi connectivity index (χ4v) is 3.43. The summed E-state index contributed by atoms with van der Waals surface area (Å²) in [6.45, 7) is 16.3. The van der Waals surface area contributed by atoms with Gasteiger partial charge in [-0.15, -0.1) is 0 Å². The first-order chi connectivity index (χ1) is 11.3. The van der Waals surface area contributed by atoms with E-state index in [1.165, 1.54) is 5.47 Å². The molecule has 25 heavy (non-hydrogen) atoms. The van der Waals surface area contributed by atoms with Gasteiger partial charge in [-0.05, 0) is 72.2 Å². The Morgan fingerprint density at radius 1 is 1.32 bits per heavy atom. The Morgan fingerprint density at radius 2 is 1.96 bits per heavy atom. The number of hydrogen-bond donors (Lipinski definition) is 1. The molecule has 1 aliphatic heterocycles. The lowest BCUT2D eigenvalue weighted by Crippen LogP contribution is -2.48. The van der Waals surface area contributed by atoms with Gasteiger partial charge < -0.3 is 19.4 Å². The third-order valence-electron chi connectivity index (χ3n) is 5.52. The molecule has 2 rings (SSSR count). The molecule has 0 aromatic rings. The van der Waals surface area contributed by atoms with Crippen LogP contribution in [0.3, 0.4) is 0 Å². The lowest BCUT2D eigenvalue weighted by molar-refractivity contribution is -0.0435. The van der Waals surface area contributed by atoms with Gasteiger partial charge >= 0.3 is 13.2 Å². The Labute approximate surface area is 153 Å². The highest BCUT2D eigenvalue weighted by Gasteiger charge is 2.56. The highest BCUT2D eigenvalue weighted by Crippen LogP contribution is 2.44. The zero-order valence-corrected chi connectivity index (χ0v) is 17.1. The summed E-state index contributed by atoms with van der Waals surface area (Å²) in [5.41, 5.74) is 0.0558. The molecular weight excluding hydrogens is 317 g/mol. The SMILES string of the molecule is CC(C)C1(C)OB(C2=CCC(NC(=O)OC(C)(C)C)CC2)OC1(C)C. The van der Waals surface area contributed by atoms with E-state index in [4.69, 9.17) is 14.0 Å². The van der Waals surface area contributed by atoms with Crippen molar-refractivity contribution in [3.63, 3.8) is 0 Å². The van der Waals surface area contributed by atoms with Gasteiger partial charge in [0, 0.05) is 6.04 Å². The lowest BCUT2D eigenvalue weighted by atomic mass is 9.71. The van der Waals surface area contributed by atoms with Crippen molar-refractivity contribution in [2.24, 2.45) is 5.92 Å². The molecule has 1 N–H and O–H groups in total. The first-order valence-corrected chi connectivity index (χ1v) is 9.38. The van der Waals surface area contributed by atoms with Gasteiger partial charge in [0.2, 0.25) is 0 Å². The van der Waals surface area contributed by atoms with Crippen molar-refractivity contribution in [1.82, 2.24) is 5.32 Å². The number of amides is 1. The number of allylic oxidation sites excluding steroid dienone is 1. The van der Waals surface area contributed by atoms with Crippen LogP contribution in [0.15, 0.2) is 11.5 Å². The summed E-state index contributed by atoms with van der Waals surface area (Å²) < 4.78 is 17.9. The van der Waals surface area contributed by atoms with Crippen molar-refractivity contribution < 1.29 is 18.8 Å². The van der Waals surface area contributed by atoms with Gasteiger partial charge in [0.05, 0.1) is 11.2 Å². The predicted molar refractivity (Wildman–Crippen MR) is 100 cm³/mol. The first kappa shape index (κ1) is 20.3. The average Bonchev–Trinajstić information content (AvgIpc) is 2.69. The van der Waals surface area contributed by atoms with Crippen molar-refractivity contribution in [3.05, 3.63) is 11.5 Å². The summed E-state index contributed by atoms with van der Waals surface area (Å²) in [5, 5.41) is 2.95. The van der Waals surface area contributed by atoms with Crippen molar-refractivity contribution in [3.8, 4) is 0 Å². The Bertz CT molecular complexity index is 538. The Kier molecular flexibility index (Phi) is 5.65. The van der Waals surface area contributed by atoms with Gasteiger partial charge in [0.15, 0.2) is 0 Å². The fourth-order valence-electron chi connectivity index (χ4n) is 3.43. The summed E-state index contributed by atoms with van der Waals surface area (Å²) in [6, 6.07) is 0.101. The van der Waals surface area contributed by atoms with Crippen LogP contribution in [0, 0.1) is 5.92 Å². The highest BCUT2D eigenvalue weighted by molar-refractivity contribution is 6.54. The summed E-state index contributed by atoms with van der Waals surface area (Å²) in [6.07, 6.45) is 4.30. The molecule has 0 aromatic carbocycles. The maximum Gasteiger partial charge on any atom is 0.490 e. The fraction of sp³-hybridized carbons (Fsp3) is 0.842. The minimum absolute atomic E-state index is 0.101. The largest absolute Gasteiger partial charge is 0.490 e. The number of rotatable bonds is 3. The molecule has 1 heterocycles. The first-order valence-electron chi connectivity index (χ1n) is 9.38. The molecule has 5 nitrogen and oxygen atoms in total. The molecule has 142 valence electrons. The molecule has 1 fully saturated rings. The van der Waals surface area contributed by atoms with E-state index in [0.717, 1.165) is 19.3 Å². The second-order valence-electron chi connectivity index (χ2n) is 9.24. The van der Waals surface area contributed by atoms with Gasteiger partial charge in [-0.2, -0.15) is 0 Å². The average molecular weight is 351 g/mol. The van der Waals surface area contributed by atoms with Crippen LogP contribution < -0.4 is 5.32 Å².